The molecule has 9 heteroatoms. The summed E-state index contributed by atoms with van der Waals surface area (Å²) in [7, 11) is -5.67. The second kappa shape index (κ2) is 6.33. The van der Waals surface area contributed by atoms with Crippen LogP contribution < -0.4 is 14.2 Å². The maximum absolute atomic E-state index is 12.3. The largest absolute Gasteiger partial charge is 0.534 e. The quantitative estimate of drug-likeness (QED) is 0.658. The van der Waals surface area contributed by atoms with E-state index in [4.69, 9.17) is 4.74 Å². The molecule has 1 aromatic carbocycles. The molecule has 1 N–H and O–H groups in total. The number of alkyl halides is 3. The number of ether oxygens (including phenoxy) is 1. The second-order valence-corrected chi connectivity index (χ2v) is 6.46. The lowest BCUT2D eigenvalue weighted by Gasteiger charge is -2.26. The first kappa shape index (κ1) is 16.9. The van der Waals surface area contributed by atoms with Gasteiger partial charge in [-0.15, -0.1) is 0 Å². The highest BCUT2D eigenvalue weighted by Gasteiger charge is 2.48. The van der Waals surface area contributed by atoms with E-state index in [1.54, 1.807) is 0 Å². The van der Waals surface area contributed by atoms with Crippen molar-refractivity contribution >= 4 is 10.1 Å². The molecule has 0 bridgehead atoms. The number of rotatable bonds is 5. The molecule has 1 atom stereocenters. The molecule has 1 aliphatic rings. The van der Waals surface area contributed by atoms with Gasteiger partial charge in [-0.05, 0) is 31.0 Å². The van der Waals surface area contributed by atoms with Gasteiger partial charge in [-0.2, -0.15) is 21.6 Å². The lowest BCUT2D eigenvalue weighted by Crippen LogP contribution is -2.39. The van der Waals surface area contributed by atoms with Crippen LogP contribution >= 0.6 is 0 Å². The summed E-state index contributed by atoms with van der Waals surface area (Å²) in [6, 6.07) is 3.98. The lowest BCUT2D eigenvalue weighted by molar-refractivity contribution is -0.0500. The fourth-order valence-corrected chi connectivity index (χ4v) is 2.51. The summed E-state index contributed by atoms with van der Waals surface area (Å²) in [5.74, 6) is -0.0829. The molecule has 0 amide bonds. The number of fused-ring (bicyclic) bond motifs is 1. The molecule has 1 unspecified atom stereocenters. The van der Waals surface area contributed by atoms with Crippen molar-refractivity contribution in [2.24, 2.45) is 0 Å². The van der Waals surface area contributed by atoms with Crippen molar-refractivity contribution in [3.8, 4) is 11.5 Å². The van der Waals surface area contributed by atoms with E-state index in [-0.39, 0.29) is 6.04 Å². The zero-order chi connectivity index (χ0) is 16.4. The molecule has 0 fully saturated rings. The van der Waals surface area contributed by atoms with Crippen molar-refractivity contribution in [2.45, 2.75) is 31.3 Å². The highest BCUT2D eigenvalue weighted by Crippen LogP contribution is 2.32. The first-order chi connectivity index (χ1) is 10.2. The molecule has 1 aromatic rings. The summed E-state index contributed by atoms with van der Waals surface area (Å²) < 4.78 is 68.3. The standard InChI is InChI=1S/C13H16F3NO4S/c1-2-5-17-10-6-9-3-4-11(7-12(9)20-8-10)21-22(18,19)13(14,15)16/h3-4,7,10,17H,2,5-6,8H2,1H3. The van der Waals surface area contributed by atoms with Crippen LogP contribution in [0, 0.1) is 0 Å². The van der Waals surface area contributed by atoms with Crippen molar-refractivity contribution in [3.05, 3.63) is 23.8 Å². The van der Waals surface area contributed by atoms with Crippen LogP contribution in [0.2, 0.25) is 0 Å². The molecule has 0 saturated heterocycles. The highest BCUT2D eigenvalue weighted by molar-refractivity contribution is 7.88. The molecule has 0 aliphatic carbocycles. The predicted octanol–water partition coefficient (Wildman–Crippen LogP) is 2.22. The summed E-state index contributed by atoms with van der Waals surface area (Å²) in [5.41, 5.74) is -4.67. The normalized spacial score (nSPS) is 18.5. The molecule has 124 valence electrons. The van der Waals surface area contributed by atoms with Gasteiger partial charge in [-0.1, -0.05) is 13.0 Å². The minimum atomic E-state index is -5.67. The predicted molar refractivity (Wildman–Crippen MR) is 73.3 cm³/mol. The monoisotopic (exact) mass is 339 g/mol. The summed E-state index contributed by atoms with van der Waals surface area (Å²) >= 11 is 0. The Morgan fingerprint density at radius 1 is 1.41 bits per heavy atom. The van der Waals surface area contributed by atoms with Crippen molar-refractivity contribution < 1.29 is 30.5 Å². The Labute approximate surface area is 126 Å². The third kappa shape index (κ3) is 3.83. The molecular weight excluding hydrogens is 323 g/mol. The van der Waals surface area contributed by atoms with Gasteiger partial charge in [0.1, 0.15) is 18.1 Å². The van der Waals surface area contributed by atoms with E-state index in [2.05, 4.69) is 9.50 Å². The van der Waals surface area contributed by atoms with E-state index in [1.807, 2.05) is 6.92 Å². The Bertz CT molecular complexity index is 631. The van der Waals surface area contributed by atoms with Gasteiger partial charge in [-0.25, -0.2) is 0 Å². The van der Waals surface area contributed by atoms with Crippen molar-refractivity contribution in [2.75, 3.05) is 13.2 Å². The smallest absolute Gasteiger partial charge is 0.492 e. The molecule has 0 spiro atoms. The average molecular weight is 339 g/mol. The maximum atomic E-state index is 12.3. The number of halogens is 3. The van der Waals surface area contributed by atoms with Crippen LogP contribution in [0.4, 0.5) is 13.2 Å². The molecule has 0 aromatic heterocycles. The van der Waals surface area contributed by atoms with Crippen LogP contribution in [-0.2, 0) is 16.5 Å². The van der Waals surface area contributed by atoms with E-state index in [1.165, 1.54) is 12.1 Å². The number of benzene rings is 1. The van der Waals surface area contributed by atoms with Crippen molar-refractivity contribution in [1.82, 2.24) is 5.32 Å². The third-order valence-corrected chi connectivity index (χ3v) is 4.10. The molecule has 1 aliphatic heterocycles. The topological polar surface area (TPSA) is 64.6 Å². The van der Waals surface area contributed by atoms with Crippen LogP contribution in [0.15, 0.2) is 18.2 Å². The van der Waals surface area contributed by atoms with E-state index in [0.717, 1.165) is 24.6 Å². The molecule has 0 saturated carbocycles. The van der Waals surface area contributed by atoms with Crippen LogP contribution in [-0.4, -0.2) is 33.1 Å². The average Bonchev–Trinajstić information content (AvgIpc) is 2.43. The van der Waals surface area contributed by atoms with Crippen molar-refractivity contribution in [1.29, 1.82) is 0 Å². The highest BCUT2D eigenvalue weighted by atomic mass is 32.2. The van der Waals surface area contributed by atoms with Gasteiger partial charge < -0.3 is 14.2 Å². The number of nitrogens with one attached hydrogen (secondary N) is 1. The van der Waals surface area contributed by atoms with Crippen LogP contribution in [0.3, 0.4) is 0 Å². The van der Waals surface area contributed by atoms with Crippen molar-refractivity contribution in [3.63, 3.8) is 0 Å². The molecular formula is C13H16F3NO4S. The zero-order valence-corrected chi connectivity index (χ0v) is 12.6. The molecule has 1 heterocycles. The Morgan fingerprint density at radius 2 is 2.14 bits per heavy atom. The molecule has 5 nitrogen and oxygen atoms in total. The fraction of sp³-hybridized carbons (Fsp3) is 0.538. The van der Waals surface area contributed by atoms with Gasteiger partial charge in [-0.3, -0.25) is 0 Å². The Morgan fingerprint density at radius 3 is 2.77 bits per heavy atom. The SMILES string of the molecule is CCCNC1COc2cc(OS(=O)(=O)C(F)(F)F)ccc2C1. The first-order valence-corrected chi connectivity index (χ1v) is 8.13. The molecule has 22 heavy (non-hydrogen) atoms. The maximum Gasteiger partial charge on any atom is 0.534 e. The van der Waals surface area contributed by atoms with Gasteiger partial charge in [0, 0.05) is 12.1 Å². The minimum Gasteiger partial charge on any atom is -0.492 e. The van der Waals surface area contributed by atoms with Gasteiger partial charge >= 0.3 is 15.6 Å². The summed E-state index contributed by atoms with van der Waals surface area (Å²) in [6.07, 6.45) is 1.63. The van der Waals surface area contributed by atoms with Gasteiger partial charge in [0.2, 0.25) is 0 Å². The van der Waals surface area contributed by atoms with Gasteiger partial charge in [0.05, 0.1) is 0 Å². The van der Waals surface area contributed by atoms with Crippen LogP contribution in [0.1, 0.15) is 18.9 Å². The molecule has 2 rings (SSSR count). The fourth-order valence-electron chi connectivity index (χ4n) is 2.06. The zero-order valence-electron chi connectivity index (χ0n) is 11.8. The summed E-state index contributed by atoms with van der Waals surface area (Å²) in [6.45, 7) is 3.24. The summed E-state index contributed by atoms with van der Waals surface area (Å²) in [4.78, 5) is 0. The van der Waals surface area contributed by atoms with Gasteiger partial charge in [0.25, 0.3) is 0 Å². The number of hydrogen-bond acceptors (Lipinski definition) is 5. The van der Waals surface area contributed by atoms with E-state index < -0.39 is 21.4 Å². The lowest BCUT2D eigenvalue weighted by atomic mass is 10.0. The summed E-state index contributed by atoms with van der Waals surface area (Å²) in [5, 5.41) is 3.28. The van der Waals surface area contributed by atoms with Crippen LogP contribution in [0.25, 0.3) is 0 Å². The first-order valence-electron chi connectivity index (χ1n) is 6.73. The van der Waals surface area contributed by atoms with E-state index >= 15 is 0 Å². The van der Waals surface area contributed by atoms with Gasteiger partial charge in [0.15, 0.2) is 0 Å². The Kier molecular flexibility index (Phi) is 4.86. The minimum absolute atomic E-state index is 0.123. The van der Waals surface area contributed by atoms with E-state index in [0.29, 0.717) is 18.8 Å². The Hall–Kier alpha value is -1.48. The third-order valence-electron chi connectivity index (χ3n) is 3.12. The van der Waals surface area contributed by atoms with Crippen LogP contribution in [0.5, 0.6) is 11.5 Å². The molecule has 0 radical (unpaired) electrons. The second-order valence-electron chi connectivity index (χ2n) is 4.92. The van der Waals surface area contributed by atoms with E-state index in [9.17, 15) is 21.6 Å². The number of hydrogen-bond donors (Lipinski definition) is 1. The Balaban J connectivity index is 2.11.